The average molecular weight is 275 g/mol. The number of carbonyl (C=O) groups is 1. The van der Waals surface area contributed by atoms with Gasteiger partial charge in [-0.15, -0.1) is 11.8 Å². The number of aryl methyl sites for hydroxylation is 1. The molecule has 2 rings (SSSR count). The van der Waals surface area contributed by atoms with Gasteiger partial charge in [-0.1, -0.05) is 19.1 Å². The molecule has 4 nitrogen and oxygen atoms in total. The van der Waals surface area contributed by atoms with Gasteiger partial charge < -0.3 is 0 Å². The number of ketones is 1. The number of rotatable bonds is 6. The molecule has 19 heavy (non-hydrogen) atoms. The van der Waals surface area contributed by atoms with Gasteiger partial charge in [0.25, 0.3) is 0 Å². The van der Waals surface area contributed by atoms with Crippen LogP contribution in [-0.2, 0) is 12.3 Å². The molecule has 5 heteroatoms. The SMILES string of the molecule is CCCn1ncnc1CSc1ccc(C(C)=O)cc1. The van der Waals surface area contributed by atoms with E-state index in [-0.39, 0.29) is 5.78 Å². The predicted octanol–water partition coefficient (Wildman–Crippen LogP) is 3.18. The van der Waals surface area contributed by atoms with E-state index in [1.807, 2.05) is 28.9 Å². The molecule has 0 N–H and O–H groups in total. The highest BCUT2D eigenvalue weighted by molar-refractivity contribution is 7.98. The summed E-state index contributed by atoms with van der Waals surface area (Å²) in [7, 11) is 0. The number of hydrogen-bond acceptors (Lipinski definition) is 4. The second-order valence-corrected chi connectivity index (χ2v) is 5.32. The molecule has 0 atom stereocenters. The van der Waals surface area contributed by atoms with Crippen LogP contribution in [0, 0.1) is 0 Å². The lowest BCUT2D eigenvalue weighted by atomic mass is 10.2. The Morgan fingerprint density at radius 1 is 1.32 bits per heavy atom. The number of carbonyl (C=O) groups excluding carboxylic acids is 1. The van der Waals surface area contributed by atoms with Gasteiger partial charge in [0.2, 0.25) is 0 Å². The van der Waals surface area contributed by atoms with Crippen molar-refractivity contribution in [3.63, 3.8) is 0 Å². The summed E-state index contributed by atoms with van der Waals surface area (Å²) in [6.45, 7) is 4.60. The Balaban J connectivity index is 1.98. The number of nitrogens with zero attached hydrogens (tertiary/aromatic N) is 3. The summed E-state index contributed by atoms with van der Waals surface area (Å²) in [6, 6.07) is 7.67. The smallest absolute Gasteiger partial charge is 0.159 e. The number of Topliss-reactive ketones (excluding diaryl/α,β-unsaturated/α-hetero) is 1. The summed E-state index contributed by atoms with van der Waals surface area (Å²) in [5.74, 6) is 1.88. The first kappa shape index (κ1) is 13.8. The minimum absolute atomic E-state index is 0.0965. The van der Waals surface area contributed by atoms with Crippen molar-refractivity contribution in [1.82, 2.24) is 14.8 Å². The molecule has 0 bridgehead atoms. The lowest BCUT2D eigenvalue weighted by molar-refractivity contribution is 0.101. The molecule has 0 radical (unpaired) electrons. The lowest BCUT2D eigenvalue weighted by Crippen LogP contribution is -2.04. The first-order chi connectivity index (χ1) is 9.20. The summed E-state index contributed by atoms with van der Waals surface area (Å²) in [5, 5.41) is 4.20. The normalized spacial score (nSPS) is 10.6. The third-order valence-electron chi connectivity index (χ3n) is 2.76. The fourth-order valence-electron chi connectivity index (χ4n) is 1.73. The van der Waals surface area contributed by atoms with E-state index in [1.165, 1.54) is 0 Å². The highest BCUT2D eigenvalue weighted by atomic mass is 32.2. The monoisotopic (exact) mass is 275 g/mol. The Morgan fingerprint density at radius 3 is 2.68 bits per heavy atom. The Labute approximate surface area is 117 Å². The Kier molecular flexibility index (Phi) is 4.74. The van der Waals surface area contributed by atoms with Crippen LogP contribution in [0.4, 0.5) is 0 Å². The lowest BCUT2D eigenvalue weighted by Gasteiger charge is -2.04. The molecule has 1 aromatic heterocycles. The topological polar surface area (TPSA) is 47.8 Å². The molecule has 2 aromatic rings. The zero-order chi connectivity index (χ0) is 13.7. The fourth-order valence-corrected chi connectivity index (χ4v) is 2.58. The van der Waals surface area contributed by atoms with Crippen LogP contribution in [0.1, 0.15) is 36.5 Å². The van der Waals surface area contributed by atoms with Crippen LogP contribution in [0.15, 0.2) is 35.5 Å². The molecule has 0 saturated heterocycles. The Bertz CT molecular complexity index is 548. The van der Waals surface area contributed by atoms with Crippen molar-refractivity contribution in [3.05, 3.63) is 42.0 Å². The summed E-state index contributed by atoms with van der Waals surface area (Å²) in [6.07, 6.45) is 2.65. The van der Waals surface area contributed by atoms with Gasteiger partial charge in [0, 0.05) is 17.0 Å². The van der Waals surface area contributed by atoms with E-state index >= 15 is 0 Å². The fraction of sp³-hybridized carbons (Fsp3) is 0.357. The standard InChI is InChI=1S/C14H17N3OS/c1-3-8-17-14(15-10-16-17)9-19-13-6-4-12(5-7-13)11(2)18/h4-7,10H,3,8-9H2,1-2H3. The summed E-state index contributed by atoms with van der Waals surface area (Å²) < 4.78 is 1.94. The first-order valence-corrected chi connectivity index (χ1v) is 7.29. The van der Waals surface area contributed by atoms with Crippen LogP contribution < -0.4 is 0 Å². The van der Waals surface area contributed by atoms with E-state index in [0.717, 1.165) is 35.0 Å². The largest absolute Gasteiger partial charge is 0.295 e. The maximum absolute atomic E-state index is 11.2. The van der Waals surface area contributed by atoms with Crippen LogP contribution >= 0.6 is 11.8 Å². The van der Waals surface area contributed by atoms with Gasteiger partial charge in [0.05, 0.1) is 5.75 Å². The van der Waals surface area contributed by atoms with E-state index in [1.54, 1.807) is 25.0 Å². The molecule has 0 fully saturated rings. The molecular formula is C14H17N3OS. The van der Waals surface area contributed by atoms with Gasteiger partial charge in [-0.2, -0.15) is 5.10 Å². The van der Waals surface area contributed by atoms with Crippen LogP contribution in [0.25, 0.3) is 0 Å². The van der Waals surface area contributed by atoms with Gasteiger partial charge in [-0.05, 0) is 25.5 Å². The molecule has 0 spiro atoms. The van der Waals surface area contributed by atoms with E-state index in [2.05, 4.69) is 17.0 Å². The first-order valence-electron chi connectivity index (χ1n) is 6.31. The van der Waals surface area contributed by atoms with E-state index in [0.29, 0.717) is 0 Å². The van der Waals surface area contributed by atoms with Crippen molar-refractivity contribution in [2.45, 2.75) is 37.5 Å². The molecule has 100 valence electrons. The van der Waals surface area contributed by atoms with Crippen LogP contribution in [-0.4, -0.2) is 20.5 Å². The number of benzene rings is 1. The molecule has 1 aromatic carbocycles. The number of thioether (sulfide) groups is 1. The quantitative estimate of drug-likeness (QED) is 0.600. The average Bonchev–Trinajstić information content (AvgIpc) is 2.85. The highest BCUT2D eigenvalue weighted by Crippen LogP contribution is 2.22. The molecule has 0 unspecified atom stereocenters. The summed E-state index contributed by atoms with van der Waals surface area (Å²) in [4.78, 5) is 16.6. The van der Waals surface area contributed by atoms with Crippen molar-refractivity contribution >= 4 is 17.5 Å². The Hall–Kier alpha value is -1.62. The molecular weight excluding hydrogens is 258 g/mol. The third-order valence-corrected chi connectivity index (χ3v) is 3.77. The van der Waals surface area contributed by atoms with Gasteiger partial charge >= 0.3 is 0 Å². The number of aromatic nitrogens is 3. The molecule has 0 amide bonds. The second-order valence-electron chi connectivity index (χ2n) is 4.27. The molecule has 1 heterocycles. The maximum Gasteiger partial charge on any atom is 0.159 e. The van der Waals surface area contributed by atoms with Crippen LogP contribution in [0.5, 0.6) is 0 Å². The minimum Gasteiger partial charge on any atom is -0.295 e. The van der Waals surface area contributed by atoms with Crippen molar-refractivity contribution in [3.8, 4) is 0 Å². The minimum atomic E-state index is 0.0965. The van der Waals surface area contributed by atoms with Gasteiger partial charge in [-0.3, -0.25) is 4.79 Å². The molecule has 0 aliphatic rings. The second kappa shape index (κ2) is 6.52. The van der Waals surface area contributed by atoms with Gasteiger partial charge in [0.1, 0.15) is 12.2 Å². The van der Waals surface area contributed by atoms with Crippen molar-refractivity contribution in [2.75, 3.05) is 0 Å². The van der Waals surface area contributed by atoms with Crippen LogP contribution in [0.2, 0.25) is 0 Å². The third kappa shape index (κ3) is 3.67. The Morgan fingerprint density at radius 2 is 2.05 bits per heavy atom. The highest BCUT2D eigenvalue weighted by Gasteiger charge is 2.05. The van der Waals surface area contributed by atoms with E-state index in [4.69, 9.17) is 0 Å². The zero-order valence-electron chi connectivity index (χ0n) is 11.2. The maximum atomic E-state index is 11.2. The van der Waals surface area contributed by atoms with Gasteiger partial charge in [0.15, 0.2) is 5.78 Å². The van der Waals surface area contributed by atoms with Crippen molar-refractivity contribution in [1.29, 1.82) is 0 Å². The molecule has 0 aliphatic heterocycles. The molecule has 0 aliphatic carbocycles. The zero-order valence-corrected chi connectivity index (χ0v) is 12.0. The molecule has 0 saturated carbocycles. The van der Waals surface area contributed by atoms with Gasteiger partial charge in [-0.25, -0.2) is 9.67 Å². The van der Waals surface area contributed by atoms with Crippen molar-refractivity contribution < 1.29 is 4.79 Å². The number of hydrogen-bond donors (Lipinski definition) is 0. The van der Waals surface area contributed by atoms with E-state index < -0.39 is 0 Å². The predicted molar refractivity (Wildman–Crippen MR) is 76.3 cm³/mol. The van der Waals surface area contributed by atoms with Crippen molar-refractivity contribution in [2.24, 2.45) is 0 Å². The summed E-state index contributed by atoms with van der Waals surface area (Å²) in [5.41, 5.74) is 0.749. The van der Waals surface area contributed by atoms with E-state index in [9.17, 15) is 4.79 Å². The van der Waals surface area contributed by atoms with Crippen LogP contribution in [0.3, 0.4) is 0 Å². The summed E-state index contributed by atoms with van der Waals surface area (Å²) >= 11 is 1.70.